The molecule has 0 bridgehead atoms. The SMILES string of the molecule is NC(=S)NNc1ccccc1.c1cscn1. The molecule has 2 rings (SSSR count). The molecular weight excluding hydrogens is 240 g/mol. The lowest BCUT2D eigenvalue weighted by Gasteiger charge is -2.05. The van der Waals surface area contributed by atoms with Gasteiger partial charge in [-0.05, 0) is 24.4 Å². The fourth-order valence-electron chi connectivity index (χ4n) is 0.831. The molecule has 84 valence electrons. The summed E-state index contributed by atoms with van der Waals surface area (Å²) >= 11 is 6.20. The van der Waals surface area contributed by atoms with Gasteiger partial charge in [-0.1, -0.05) is 18.2 Å². The van der Waals surface area contributed by atoms with Gasteiger partial charge in [-0.2, -0.15) is 0 Å². The summed E-state index contributed by atoms with van der Waals surface area (Å²) in [6.07, 6.45) is 1.77. The number of nitrogens with two attached hydrogens (primary N) is 1. The van der Waals surface area contributed by atoms with Gasteiger partial charge < -0.3 is 5.73 Å². The normalized spacial score (nSPS) is 8.50. The Balaban J connectivity index is 0.000000212. The van der Waals surface area contributed by atoms with E-state index in [1.165, 1.54) is 0 Å². The third-order valence-corrected chi connectivity index (χ3v) is 2.08. The summed E-state index contributed by atoms with van der Waals surface area (Å²) in [5.74, 6) is 0. The molecule has 4 N–H and O–H groups in total. The maximum Gasteiger partial charge on any atom is 0.182 e. The van der Waals surface area contributed by atoms with Crippen molar-refractivity contribution in [2.75, 3.05) is 5.43 Å². The molecule has 0 unspecified atom stereocenters. The van der Waals surface area contributed by atoms with Crippen LogP contribution in [0.15, 0.2) is 47.4 Å². The molecule has 0 atom stereocenters. The van der Waals surface area contributed by atoms with E-state index in [0.717, 1.165) is 5.69 Å². The van der Waals surface area contributed by atoms with Crippen LogP contribution in [0.3, 0.4) is 0 Å². The maximum atomic E-state index is 5.20. The van der Waals surface area contributed by atoms with Gasteiger partial charge in [-0.15, -0.1) is 11.3 Å². The maximum absolute atomic E-state index is 5.20. The number of hydrogen-bond donors (Lipinski definition) is 3. The molecule has 0 aliphatic rings. The molecule has 0 aliphatic carbocycles. The first kappa shape index (κ1) is 12.4. The van der Waals surface area contributed by atoms with Gasteiger partial charge in [0, 0.05) is 11.6 Å². The Kier molecular flexibility index (Phi) is 5.90. The lowest BCUT2D eigenvalue weighted by molar-refractivity contribution is 1.13. The fourth-order valence-corrected chi connectivity index (χ4v) is 1.23. The highest BCUT2D eigenvalue weighted by Gasteiger charge is 1.86. The van der Waals surface area contributed by atoms with Crippen molar-refractivity contribution in [2.45, 2.75) is 0 Å². The Hall–Kier alpha value is -1.66. The van der Waals surface area contributed by atoms with Crippen LogP contribution in [-0.4, -0.2) is 10.1 Å². The van der Waals surface area contributed by atoms with Gasteiger partial charge in [0.2, 0.25) is 0 Å². The monoisotopic (exact) mass is 252 g/mol. The topological polar surface area (TPSA) is 63.0 Å². The molecule has 2 aromatic rings. The van der Waals surface area contributed by atoms with Crippen molar-refractivity contribution in [1.29, 1.82) is 0 Å². The standard InChI is InChI=1S/C7H9N3S.C3H3NS/c8-7(11)10-9-6-4-2-1-3-5-6;1-2-5-3-4-1/h1-5,9H,(H3,8,10,11);1-3H. The zero-order chi connectivity index (χ0) is 11.6. The third kappa shape index (κ3) is 5.94. The largest absolute Gasteiger partial charge is 0.375 e. The number of nitrogens with zero attached hydrogens (tertiary/aromatic N) is 1. The van der Waals surface area contributed by atoms with Gasteiger partial charge in [0.05, 0.1) is 11.2 Å². The molecule has 4 nitrogen and oxygen atoms in total. The molecule has 16 heavy (non-hydrogen) atoms. The van der Waals surface area contributed by atoms with Gasteiger partial charge in [0.25, 0.3) is 0 Å². The first-order valence-electron chi connectivity index (χ1n) is 4.47. The molecule has 0 fully saturated rings. The minimum absolute atomic E-state index is 0.230. The molecular formula is C10H12N4S2. The van der Waals surface area contributed by atoms with Crippen molar-refractivity contribution < 1.29 is 0 Å². The summed E-state index contributed by atoms with van der Waals surface area (Å²) in [6, 6.07) is 9.59. The van der Waals surface area contributed by atoms with Crippen LogP contribution in [0.1, 0.15) is 0 Å². The Morgan fingerprint density at radius 3 is 2.50 bits per heavy atom. The molecule has 0 aliphatic heterocycles. The fraction of sp³-hybridized carbons (Fsp3) is 0. The van der Waals surface area contributed by atoms with E-state index in [-0.39, 0.29) is 5.11 Å². The first-order chi connectivity index (χ1) is 7.79. The molecule has 0 saturated heterocycles. The van der Waals surface area contributed by atoms with E-state index in [9.17, 15) is 0 Å². The molecule has 0 amide bonds. The van der Waals surface area contributed by atoms with Gasteiger partial charge in [0.1, 0.15) is 0 Å². The quantitative estimate of drug-likeness (QED) is 0.563. The second-order valence-electron chi connectivity index (χ2n) is 2.66. The minimum atomic E-state index is 0.230. The van der Waals surface area contributed by atoms with E-state index < -0.39 is 0 Å². The summed E-state index contributed by atoms with van der Waals surface area (Å²) in [4.78, 5) is 3.74. The lowest BCUT2D eigenvalue weighted by Crippen LogP contribution is -2.33. The predicted octanol–water partition coefficient (Wildman–Crippen LogP) is 1.99. The number of hydrogen-bond acceptors (Lipinski definition) is 4. The van der Waals surface area contributed by atoms with Crippen LogP contribution < -0.4 is 16.6 Å². The van der Waals surface area contributed by atoms with Crippen molar-refractivity contribution in [1.82, 2.24) is 10.4 Å². The van der Waals surface area contributed by atoms with Crippen molar-refractivity contribution in [3.05, 3.63) is 47.4 Å². The summed E-state index contributed by atoms with van der Waals surface area (Å²) in [5.41, 5.74) is 13.4. The number of para-hydroxylation sites is 1. The van der Waals surface area contributed by atoms with Crippen LogP contribution >= 0.6 is 23.6 Å². The van der Waals surface area contributed by atoms with E-state index in [1.807, 2.05) is 35.7 Å². The third-order valence-electron chi connectivity index (χ3n) is 1.45. The van der Waals surface area contributed by atoms with E-state index in [2.05, 4.69) is 28.1 Å². The van der Waals surface area contributed by atoms with Crippen LogP contribution in [0.5, 0.6) is 0 Å². The molecule has 0 radical (unpaired) electrons. The average molecular weight is 252 g/mol. The summed E-state index contributed by atoms with van der Waals surface area (Å²) in [5, 5.41) is 2.16. The highest BCUT2D eigenvalue weighted by Crippen LogP contribution is 2.01. The number of thiocarbonyl (C=S) groups is 1. The number of hydrazine groups is 1. The van der Waals surface area contributed by atoms with Crippen molar-refractivity contribution >= 4 is 34.4 Å². The number of thiazole rings is 1. The molecule has 1 heterocycles. The second kappa shape index (κ2) is 7.61. The number of anilines is 1. The van der Waals surface area contributed by atoms with Crippen molar-refractivity contribution in [3.8, 4) is 0 Å². The van der Waals surface area contributed by atoms with Crippen molar-refractivity contribution in [2.24, 2.45) is 5.73 Å². The Bertz CT molecular complexity index is 371. The van der Waals surface area contributed by atoms with Gasteiger partial charge in [0.15, 0.2) is 5.11 Å². The second-order valence-corrected chi connectivity index (χ2v) is 3.85. The first-order valence-corrected chi connectivity index (χ1v) is 5.83. The van der Waals surface area contributed by atoms with E-state index >= 15 is 0 Å². The summed E-state index contributed by atoms with van der Waals surface area (Å²) < 4.78 is 0. The Morgan fingerprint density at radius 1 is 1.31 bits per heavy atom. The minimum Gasteiger partial charge on any atom is -0.375 e. The Morgan fingerprint density at radius 2 is 2.06 bits per heavy atom. The van der Waals surface area contributed by atoms with Crippen LogP contribution in [0.4, 0.5) is 5.69 Å². The van der Waals surface area contributed by atoms with Crippen LogP contribution in [-0.2, 0) is 0 Å². The average Bonchev–Trinajstić information content (AvgIpc) is 2.86. The van der Waals surface area contributed by atoms with Crippen molar-refractivity contribution in [3.63, 3.8) is 0 Å². The van der Waals surface area contributed by atoms with E-state index in [1.54, 1.807) is 23.0 Å². The van der Waals surface area contributed by atoms with Crippen LogP contribution in [0.25, 0.3) is 0 Å². The predicted molar refractivity (Wildman–Crippen MR) is 72.1 cm³/mol. The number of benzene rings is 1. The highest BCUT2D eigenvalue weighted by molar-refractivity contribution is 7.80. The van der Waals surface area contributed by atoms with Crippen LogP contribution in [0, 0.1) is 0 Å². The number of rotatable bonds is 2. The number of nitrogens with one attached hydrogen (secondary N) is 2. The van der Waals surface area contributed by atoms with Gasteiger partial charge in [-0.3, -0.25) is 15.8 Å². The highest BCUT2D eigenvalue weighted by atomic mass is 32.1. The lowest BCUT2D eigenvalue weighted by atomic mass is 10.3. The summed E-state index contributed by atoms with van der Waals surface area (Å²) in [6.45, 7) is 0. The van der Waals surface area contributed by atoms with Crippen LogP contribution in [0.2, 0.25) is 0 Å². The zero-order valence-electron chi connectivity index (χ0n) is 8.46. The molecule has 1 aromatic carbocycles. The zero-order valence-corrected chi connectivity index (χ0v) is 10.1. The van der Waals surface area contributed by atoms with E-state index in [0.29, 0.717) is 0 Å². The molecule has 1 aromatic heterocycles. The molecule has 0 saturated carbocycles. The smallest absolute Gasteiger partial charge is 0.182 e. The molecule has 0 spiro atoms. The number of aromatic nitrogens is 1. The van der Waals surface area contributed by atoms with Gasteiger partial charge in [-0.25, -0.2) is 0 Å². The van der Waals surface area contributed by atoms with E-state index in [4.69, 9.17) is 5.73 Å². The summed E-state index contributed by atoms with van der Waals surface area (Å²) in [7, 11) is 0. The molecule has 6 heteroatoms. The Labute approximate surface area is 103 Å². The van der Waals surface area contributed by atoms with Gasteiger partial charge >= 0.3 is 0 Å².